The van der Waals surface area contributed by atoms with Crippen LogP contribution in [0.5, 0.6) is 0 Å². The van der Waals surface area contributed by atoms with Gasteiger partial charge in [-0.1, -0.05) is 25.5 Å². The number of Topliss-reactive ketones (excluding diaryl/α,β-unsaturated/α-hetero) is 1. The van der Waals surface area contributed by atoms with Gasteiger partial charge < -0.3 is 0 Å². The van der Waals surface area contributed by atoms with Crippen molar-refractivity contribution in [3.63, 3.8) is 0 Å². The summed E-state index contributed by atoms with van der Waals surface area (Å²) < 4.78 is 0. The molecule has 0 aromatic heterocycles. The van der Waals surface area contributed by atoms with Gasteiger partial charge in [0.15, 0.2) is 5.78 Å². The van der Waals surface area contributed by atoms with E-state index in [1.807, 2.05) is 6.07 Å². The van der Waals surface area contributed by atoms with Gasteiger partial charge in [-0.05, 0) is 43.9 Å². The summed E-state index contributed by atoms with van der Waals surface area (Å²) in [6.07, 6.45) is 2.02. The molecular weight excluding hydrogens is 184 g/mol. The number of hydrogen-bond acceptors (Lipinski definition) is 1. The molecule has 0 heterocycles. The monoisotopic (exact) mass is 202 g/mol. The zero-order valence-corrected chi connectivity index (χ0v) is 9.98. The fourth-order valence-electron chi connectivity index (χ4n) is 2.45. The Hall–Kier alpha value is -1.11. The predicted molar refractivity (Wildman–Crippen MR) is 62.3 cm³/mol. The van der Waals surface area contributed by atoms with Gasteiger partial charge in [-0.15, -0.1) is 0 Å². The second-order valence-corrected chi connectivity index (χ2v) is 5.32. The molecule has 1 nitrogen and oxygen atoms in total. The standard InChI is InChI=1S/C14H18O/c1-9-7-10(2)11-5-6-14(3,4)13(15)12(11)8-9/h7-8H,5-6H2,1-4H3. The molecule has 15 heavy (non-hydrogen) atoms. The molecule has 0 aliphatic heterocycles. The van der Waals surface area contributed by atoms with Crippen LogP contribution >= 0.6 is 0 Å². The number of benzene rings is 1. The zero-order valence-electron chi connectivity index (χ0n) is 9.98. The number of ketones is 1. The van der Waals surface area contributed by atoms with Crippen molar-refractivity contribution in [3.05, 3.63) is 34.4 Å². The maximum atomic E-state index is 12.2. The van der Waals surface area contributed by atoms with E-state index in [0.29, 0.717) is 5.78 Å². The smallest absolute Gasteiger partial charge is 0.168 e. The van der Waals surface area contributed by atoms with Crippen LogP contribution in [0.15, 0.2) is 12.1 Å². The molecule has 0 fully saturated rings. The number of hydrogen-bond donors (Lipinski definition) is 0. The summed E-state index contributed by atoms with van der Waals surface area (Å²) in [4.78, 5) is 12.2. The summed E-state index contributed by atoms with van der Waals surface area (Å²) in [6.45, 7) is 8.27. The normalized spacial score (nSPS) is 18.8. The van der Waals surface area contributed by atoms with E-state index in [-0.39, 0.29) is 5.41 Å². The molecule has 1 aromatic rings. The van der Waals surface area contributed by atoms with E-state index in [2.05, 4.69) is 33.8 Å². The van der Waals surface area contributed by atoms with Crippen molar-refractivity contribution in [2.45, 2.75) is 40.5 Å². The first-order valence-electron chi connectivity index (χ1n) is 5.57. The van der Waals surface area contributed by atoms with Gasteiger partial charge >= 0.3 is 0 Å². The Labute approximate surface area is 91.5 Å². The molecule has 0 unspecified atom stereocenters. The number of carbonyl (C=O) groups excluding carboxylic acids is 1. The Morgan fingerprint density at radius 3 is 2.53 bits per heavy atom. The summed E-state index contributed by atoms with van der Waals surface area (Å²) in [5.41, 5.74) is 4.52. The molecule has 0 N–H and O–H groups in total. The number of aryl methyl sites for hydroxylation is 2. The van der Waals surface area contributed by atoms with Crippen molar-refractivity contribution in [2.24, 2.45) is 5.41 Å². The summed E-state index contributed by atoms with van der Waals surface area (Å²) in [7, 11) is 0. The third-order valence-electron chi connectivity index (χ3n) is 3.48. The molecule has 1 heteroatoms. The Balaban J connectivity index is 2.62. The van der Waals surface area contributed by atoms with Crippen LogP contribution in [-0.4, -0.2) is 5.78 Å². The van der Waals surface area contributed by atoms with Crippen LogP contribution in [-0.2, 0) is 6.42 Å². The molecule has 0 amide bonds. The van der Waals surface area contributed by atoms with E-state index in [1.165, 1.54) is 16.7 Å². The van der Waals surface area contributed by atoms with E-state index >= 15 is 0 Å². The first-order valence-corrected chi connectivity index (χ1v) is 5.57. The molecule has 0 spiro atoms. The van der Waals surface area contributed by atoms with Gasteiger partial charge in [-0.2, -0.15) is 0 Å². The number of fused-ring (bicyclic) bond motifs is 1. The molecule has 1 aromatic carbocycles. The predicted octanol–water partition coefficient (Wildman–Crippen LogP) is 3.46. The molecule has 0 saturated heterocycles. The van der Waals surface area contributed by atoms with Crippen molar-refractivity contribution in [1.29, 1.82) is 0 Å². The van der Waals surface area contributed by atoms with Crippen LogP contribution < -0.4 is 0 Å². The lowest BCUT2D eigenvalue weighted by atomic mass is 9.72. The molecule has 0 bridgehead atoms. The lowest BCUT2D eigenvalue weighted by Crippen LogP contribution is -2.30. The van der Waals surface area contributed by atoms with E-state index in [9.17, 15) is 4.79 Å². The van der Waals surface area contributed by atoms with Crippen LogP contribution in [0.2, 0.25) is 0 Å². The van der Waals surface area contributed by atoms with Gasteiger partial charge in [0.2, 0.25) is 0 Å². The van der Waals surface area contributed by atoms with E-state index in [0.717, 1.165) is 18.4 Å². The largest absolute Gasteiger partial charge is 0.294 e. The molecule has 0 atom stereocenters. The van der Waals surface area contributed by atoms with E-state index < -0.39 is 0 Å². The van der Waals surface area contributed by atoms with Gasteiger partial charge in [-0.25, -0.2) is 0 Å². The number of carbonyl (C=O) groups is 1. The molecular formula is C14H18O. The topological polar surface area (TPSA) is 17.1 Å². The maximum absolute atomic E-state index is 12.2. The lowest BCUT2D eigenvalue weighted by Gasteiger charge is -2.30. The minimum Gasteiger partial charge on any atom is -0.294 e. The van der Waals surface area contributed by atoms with Gasteiger partial charge in [0, 0.05) is 11.0 Å². The van der Waals surface area contributed by atoms with Gasteiger partial charge in [-0.3, -0.25) is 4.79 Å². The highest BCUT2D eigenvalue weighted by molar-refractivity contribution is 6.02. The summed E-state index contributed by atoms with van der Waals surface area (Å²) >= 11 is 0. The van der Waals surface area contributed by atoms with Gasteiger partial charge in [0.05, 0.1) is 0 Å². The van der Waals surface area contributed by atoms with Crippen LogP contribution in [0, 0.1) is 19.3 Å². The van der Waals surface area contributed by atoms with Crippen molar-refractivity contribution in [3.8, 4) is 0 Å². The van der Waals surface area contributed by atoms with Crippen LogP contribution in [0.25, 0.3) is 0 Å². The fourth-order valence-corrected chi connectivity index (χ4v) is 2.45. The minimum atomic E-state index is -0.173. The first kappa shape index (κ1) is 10.4. The third kappa shape index (κ3) is 1.60. The first-order chi connectivity index (χ1) is 6.92. The second-order valence-electron chi connectivity index (χ2n) is 5.32. The SMILES string of the molecule is Cc1cc(C)c2c(c1)C(=O)C(C)(C)CC2. The average Bonchev–Trinajstić information content (AvgIpc) is 2.12. The minimum absolute atomic E-state index is 0.173. The Morgan fingerprint density at radius 1 is 1.20 bits per heavy atom. The van der Waals surface area contributed by atoms with E-state index in [4.69, 9.17) is 0 Å². The molecule has 0 radical (unpaired) electrons. The van der Waals surface area contributed by atoms with Crippen LogP contribution in [0.4, 0.5) is 0 Å². The van der Waals surface area contributed by atoms with Crippen molar-refractivity contribution in [2.75, 3.05) is 0 Å². The lowest BCUT2D eigenvalue weighted by molar-refractivity contribution is 0.0810. The Kier molecular flexibility index (Phi) is 2.22. The molecule has 1 aliphatic rings. The molecule has 2 rings (SSSR count). The zero-order chi connectivity index (χ0) is 11.2. The highest BCUT2D eigenvalue weighted by Gasteiger charge is 2.34. The number of rotatable bonds is 0. The van der Waals surface area contributed by atoms with Crippen molar-refractivity contribution in [1.82, 2.24) is 0 Å². The quantitative estimate of drug-likeness (QED) is 0.629. The second kappa shape index (κ2) is 3.19. The van der Waals surface area contributed by atoms with Gasteiger partial charge in [0.1, 0.15) is 0 Å². The Morgan fingerprint density at radius 2 is 1.87 bits per heavy atom. The van der Waals surface area contributed by atoms with Crippen LogP contribution in [0.1, 0.15) is 47.3 Å². The summed E-state index contributed by atoms with van der Waals surface area (Å²) in [5.74, 6) is 0.315. The highest BCUT2D eigenvalue weighted by Crippen LogP contribution is 2.36. The molecule has 0 saturated carbocycles. The van der Waals surface area contributed by atoms with Crippen LogP contribution in [0.3, 0.4) is 0 Å². The highest BCUT2D eigenvalue weighted by atomic mass is 16.1. The maximum Gasteiger partial charge on any atom is 0.168 e. The van der Waals surface area contributed by atoms with Crippen molar-refractivity contribution < 1.29 is 4.79 Å². The molecule has 1 aliphatic carbocycles. The average molecular weight is 202 g/mol. The van der Waals surface area contributed by atoms with E-state index in [1.54, 1.807) is 0 Å². The van der Waals surface area contributed by atoms with Crippen molar-refractivity contribution >= 4 is 5.78 Å². The Bertz CT molecular complexity index is 427. The summed E-state index contributed by atoms with van der Waals surface area (Å²) in [5, 5.41) is 0. The fraction of sp³-hybridized carbons (Fsp3) is 0.500. The molecule has 80 valence electrons. The third-order valence-corrected chi connectivity index (χ3v) is 3.48. The summed E-state index contributed by atoms with van der Waals surface area (Å²) in [6, 6.07) is 4.22. The van der Waals surface area contributed by atoms with Gasteiger partial charge in [0.25, 0.3) is 0 Å².